The Hall–Kier alpha value is -0.920. The van der Waals surface area contributed by atoms with Gasteiger partial charge >= 0.3 is 5.97 Å². The van der Waals surface area contributed by atoms with Gasteiger partial charge in [0, 0.05) is 6.42 Å². The highest BCUT2D eigenvalue weighted by molar-refractivity contribution is 7.45. The van der Waals surface area contributed by atoms with Gasteiger partial charge in [0.2, 0.25) is 0 Å². The number of ether oxygens (including phenoxy) is 2. The summed E-state index contributed by atoms with van der Waals surface area (Å²) in [6.07, 6.45) is 49.0. The molecule has 0 aromatic carbocycles. The van der Waals surface area contributed by atoms with Crippen LogP contribution in [0.3, 0.4) is 0 Å². The fraction of sp³-hybridized carbons (Fsp3) is 0.939. The van der Waals surface area contributed by atoms with Crippen LogP contribution < -0.4 is 4.89 Å². The Kier molecular flexibility index (Phi) is 42.1. The molecule has 0 bridgehead atoms. The Bertz CT molecular complexity index is 940. The molecule has 2 atom stereocenters. The molecule has 58 heavy (non-hydrogen) atoms. The van der Waals surface area contributed by atoms with Gasteiger partial charge in [-0.1, -0.05) is 219 Å². The molecule has 0 aliphatic rings. The predicted molar refractivity (Wildman–Crippen MR) is 245 cm³/mol. The average Bonchev–Trinajstić information content (AvgIpc) is 3.18. The first-order valence-corrected chi connectivity index (χ1v) is 26.4. The van der Waals surface area contributed by atoms with Crippen molar-refractivity contribution < 1.29 is 37.3 Å². The van der Waals surface area contributed by atoms with Crippen LogP contribution in [-0.4, -0.2) is 64.1 Å². The summed E-state index contributed by atoms with van der Waals surface area (Å²) >= 11 is 0. The van der Waals surface area contributed by atoms with E-state index in [2.05, 4.69) is 13.8 Å². The Labute approximate surface area is 360 Å². The summed E-state index contributed by atoms with van der Waals surface area (Å²) in [5.41, 5.74) is 0. The normalized spacial score (nSPS) is 13.6. The van der Waals surface area contributed by atoms with Crippen LogP contribution in [0.2, 0.25) is 0 Å². The molecule has 0 aliphatic heterocycles. The molecule has 8 nitrogen and oxygen atoms in total. The summed E-state index contributed by atoms with van der Waals surface area (Å²) in [7, 11) is 1.34. The highest BCUT2D eigenvalue weighted by Gasteiger charge is 2.20. The number of phosphoric acid groups is 1. The van der Waals surface area contributed by atoms with Crippen LogP contribution in [0.5, 0.6) is 0 Å². The minimum Gasteiger partial charge on any atom is -0.756 e. The van der Waals surface area contributed by atoms with Crippen LogP contribution in [0.25, 0.3) is 0 Å². The molecular formula is C49H98NO7P. The third-order valence-electron chi connectivity index (χ3n) is 11.2. The molecule has 0 aromatic rings. The van der Waals surface area contributed by atoms with Gasteiger partial charge in [0.05, 0.1) is 34.0 Å². The Morgan fingerprint density at radius 2 is 0.897 bits per heavy atom. The molecule has 0 rings (SSSR count). The lowest BCUT2D eigenvalue weighted by atomic mass is 10.0. The van der Waals surface area contributed by atoms with Crippen molar-refractivity contribution >= 4 is 13.8 Å². The first-order chi connectivity index (χ1) is 28.1. The second-order valence-electron chi connectivity index (χ2n) is 18.3. The molecule has 0 aromatic heterocycles. The number of carbonyl (C=O) groups excluding carboxylic acids is 1. The third-order valence-corrected chi connectivity index (χ3v) is 12.1. The average molecular weight is 844 g/mol. The molecule has 0 heterocycles. The maximum absolute atomic E-state index is 12.7. The number of likely N-dealkylation sites (N-methyl/N-ethyl adjacent to an activating group) is 1. The Balaban J connectivity index is 4.11. The van der Waals surface area contributed by atoms with Gasteiger partial charge in [-0.3, -0.25) is 9.36 Å². The number of rotatable bonds is 47. The summed E-state index contributed by atoms with van der Waals surface area (Å²) < 4.78 is 34.4. The van der Waals surface area contributed by atoms with Crippen molar-refractivity contribution in [3.63, 3.8) is 0 Å². The minimum absolute atomic E-state index is 0.0204. The number of hydrogen-bond acceptors (Lipinski definition) is 7. The topological polar surface area (TPSA) is 94.1 Å². The van der Waals surface area contributed by atoms with Crippen molar-refractivity contribution in [2.75, 3.05) is 47.5 Å². The van der Waals surface area contributed by atoms with E-state index in [4.69, 9.17) is 18.5 Å². The zero-order valence-corrected chi connectivity index (χ0v) is 40.2. The number of nitrogens with zero attached hydrogens (tertiary/aromatic N) is 1. The van der Waals surface area contributed by atoms with Gasteiger partial charge in [0.15, 0.2) is 6.10 Å². The number of hydrogen-bond donors (Lipinski definition) is 0. The fourth-order valence-electron chi connectivity index (χ4n) is 7.28. The van der Waals surface area contributed by atoms with Crippen LogP contribution in [0, 0.1) is 0 Å². The maximum atomic E-state index is 12.7. The van der Waals surface area contributed by atoms with E-state index in [-0.39, 0.29) is 25.8 Å². The molecule has 0 fully saturated rings. The molecule has 9 heteroatoms. The first-order valence-electron chi connectivity index (χ1n) is 25.0. The number of allylic oxidation sites excluding steroid dienone is 1. The summed E-state index contributed by atoms with van der Waals surface area (Å²) in [5, 5.41) is 0. The van der Waals surface area contributed by atoms with Gasteiger partial charge < -0.3 is 27.9 Å². The van der Waals surface area contributed by atoms with Crippen molar-refractivity contribution in [1.82, 2.24) is 0 Å². The molecule has 0 spiro atoms. The maximum Gasteiger partial charge on any atom is 0.306 e. The lowest BCUT2D eigenvalue weighted by Gasteiger charge is -2.28. The SMILES string of the molecule is CCCCCCCCCCCCCC/C=C/OC[C@H](COP(=O)([O-])OCC[N+](C)(C)C)OC(=O)CCCCCCCCCCCCCCCCCCCCCCCC. The fourth-order valence-corrected chi connectivity index (χ4v) is 8.01. The summed E-state index contributed by atoms with van der Waals surface area (Å²) in [6.45, 7) is 4.78. The third kappa shape index (κ3) is 46.2. The van der Waals surface area contributed by atoms with Crippen molar-refractivity contribution in [2.45, 2.75) is 251 Å². The van der Waals surface area contributed by atoms with E-state index in [0.29, 0.717) is 17.4 Å². The molecule has 0 N–H and O–H groups in total. The number of phosphoric ester groups is 1. The molecule has 0 amide bonds. The van der Waals surface area contributed by atoms with E-state index in [1.54, 1.807) is 6.26 Å². The predicted octanol–water partition coefficient (Wildman–Crippen LogP) is 14.7. The van der Waals surface area contributed by atoms with Crippen molar-refractivity contribution in [2.24, 2.45) is 0 Å². The van der Waals surface area contributed by atoms with Crippen LogP contribution >= 0.6 is 7.82 Å². The van der Waals surface area contributed by atoms with Crippen molar-refractivity contribution in [3.8, 4) is 0 Å². The monoisotopic (exact) mass is 844 g/mol. The Morgan fingerprint density at radius 1 is 0.534 bits per heavy atom. The van der Waals surface area contributed by atoms with Crippen molar-refractivity contribution in [1.29, 1.82) is 0 Å². The van der Waals surface area contributed by atoms with Gasteiger partial charge in [-0.2, -0.15) is 0 Å². The van der Waals surface area contributed by atoms with Crippen LogP contribution in [-0.2, 0) is 27.9 Å². The van der Waals surface area contributed by atoms with Gasteiger partial charge in [0.1, 0.15) is 19.8 Å². The smallest absolute Gasteiger partial charge is 0.306 e. The lowest BCUT2D eigenvalue weighted by Crippen LogP contribution is -2.37. The van der Waals surface area contributed by atoms with Crippen molar-refractivity contribution in [3.05, 3.63) is 12.3 Å². The summed E-state index contributed by atoms with van der Waals surface area (Å²) in [6, 6.07) is 0. The number of unbranched alkanes of at least 4 members (excludes halogenated alkanes) is 33. The highest BCUT2D eigenvalue weighted by Crippen LogP contribution is 2.38. The number of carbonyl (C=O) groups is 1. The van der Waals surface area contributed by atoms with Crippen LogP contribution in [0.15, 0.2) is 12.3 Å². The van der Waals surface area contributed by atoms with Gasteiger partial charge in [-0.15, -0.1) is 0 Å². The van der Waals surface area contributed by atoms with E-state index in [9.17, 15) is 14.3 Å². The molecular weight excluding hydrogens is 746 g/mol. The van der Waals surface area contributed by atoms with Crippen LogP contribution in [0.4, 0.5) is 0 Å². The van der Waals surface area contributed by atoms with E-state index >= 15 is 0 Å². The van der Waals surface area contributed by atoms with Gasteiger partial charge in [-0.25, -0.2) is 0 Å². The number of esters is 1. The second-order valence-corrected chi connectivity index (χ2v) is 19.7. The second kappa shape index (κ2) is 42.8. The molecule has 0 saturated carbocycles. The van der Waals surface area contributed by atoms with Gasteiger partial charge in [0.25, 0.3) is 7.82 Å². The molecule has 1 unspecified atom stereocenters. The molecule has 0 aliphatic carbocycles. The zero-order chi connectivity index (χ0) is 42.7. The molecule has 346 valence electrons. The zero-order valence-electron chi connectivity index (χ0n) is 39.3. The van der Waals surface area contributed by atoms with Crippen LogP contribution in [0.1, 0.15) is 245 Å². The van der Waals surface area contributed by atoms with Gasteiger partial charge in [-0.05, 0) is 25.3 Å². The lowest BCUT2D eigenvalue weighted by molar-refractivity contribution is -0.870. The highest BCUT2D eigenvalue weighted by atomic mass is 31.2. The quantitative estimate of drug-likeness (QED) is 0.0198. The Morgan fingerprint density at radius 3 is 1.28 bits per heavy atom. The summed E-state index contributed by atoms with van der Waals surface area (Å²) in [5.74, 6) is -0.350. The molecule has 0 radical (unpaired) electrons. The van der Waals surface area contributed by atoms with E-state index in [1.807, 2.05) is 27.2 Å². The standard InChI is InChI=1S/C49H98NO7P/c1-6-8-10-12-14-16-18-20-22-23-24-25-26-27-28-29-30-32-34-36-38-40-42-49(51)57-48(47-56-58(52,53)55-45-43-50(3,4)5)46-54-44-41-39-37-35-33-31-21-19-17-15-13-11-9-7-2/h41,44,48H,6-40,42-43,45-47H2,1-5H3/b44-41+/t48-/m1/s1. The summed E-state index contributed by atoms with van der Waals surface area (Å²) in [4.78, 5) is 25.1. The first kappa shape index (κ1) is 57.1. The minimum atomic E-state index is -4.54. The number of quaternary nitrogens is 1. The van der Waals surface area contributed by atoms with E-state index in [0.717, 1.165) is 32.1 Å². The largest absolute Gasteiger partial charge is 0.756 e. The van der Waals surface area contributed by atoms with E-state index in [1.165, 1.54) is 193 Å². The van der Waals surface area contributed by atoms with E-state index < -0.39 is 13.9 Å². The molecule has 0 saturated heterocycles.